The molecule has 1 amide bonds. The van der Waals surface area contributed by atoms with E-state index in [1.807, 2.05) is 23.6 Å². The highest BCUT2D eigenvalue weighted by Crippen LogP contribution is 2.23. The average Bonchev–Trinajstić information content (AvgIpc) is 3.23. The molecule has 1 aromatic heterocycles. The van der Waals surface area contributed by atoms with E-state index in [-0.39, 0.29) is 5.91 Å². The van der Waals surface area contributed by atoms with E-state index in [1.54, 1.807) is 0 Å². The van der Waals surface area contributed by atoms with Crippen LogP contribution in [0.2, 0.25) is 0 Å². The van der Waals surface area contributed by atoms with Crippen LogP contribution in [0.1, 0.15) is 37.8 Å². The van der Waals surface area contributed by atoms with E-state index in [1.165, 1.54) is 5.56 Å². The molecule has 0 spiro atoms. The van der Waals surface area contributed by atoms with Crippen molar-refractivity contribution in [2.24, 2.45) is 0 Å². The van der Waals surface area contributed by atoms with Crippen LogP contribution in [0, 0.1) is 0 Å². The number of aromatic nitrogens is 2. The highest BCUT2D eigenvalue weighted by Gasteiger charge is 2.21. The lowest BCUT2D eigenvalue weighted by atomic mass is 10.1. The summed E-state index contributed by atoms with van der Waals surface area (Å²) in [5, 5.41) is 3.54. The van der Waals surface area contributed by atoms with Gasteiger partial charge < -0.3 is 14.8 Å². The lowest BCUT2D eigenvalue weighted by Crippen LogP contribution is -2.24. The van der Waals surface area contributed by atoms with E-state index in [9.17, 15) is 4.79 Å². The third-order valence-electron chi connectivity index (χ3n) is 4.38. The number of hydrogen-bond donors (Lipinski definition) is 1. The summed E-state index contributed by atoms with van der Waals surface area (Å²) in [5.41, 5.74) is 2.27. The summed E-state index contributed by atoms with van der Waals surface area (Å²) in [5.74, 6) is 0.239. The van der Waals surface area contributed by atoms with Gasteiger partial charge in [0.2, 0.25) is 5.91 Å². The number of rotatable bonds is 7. The molecule has 0 radical (unpaired) electrons. The number of carbonyl (C=O) groups excluding carboxylic acids is 1. The van der Waals surface area contributed by atoms with Crippen LogP contribution >= 0.6 is 0 Å². The van der Waals surface area contributed by atoms with Crippen LogP contribution in [0.4, 0.5) is 5.69 Å². The zero-order valence-corrected chi connectivity index (χ0v) is 13.6. The number of aryl methyl sites for hydroxylation is 1. The zero-order chi connectivity index (χ0) is 16.1. The van der Waals surface area contributed by atoms with E-state index in [4.69, 9.17) is 0 Å². The molecule has 5 heteroatoms. The van der Waals surface area contributed by atoms with Crippen LogP contribution in [0.3, 0.4) is 0 Å². The van der Waals surface area contributed by atoms with Gasteiger partial charge in [-0.3, -0.25) is 4.79 Å². The summed E-state index contributed by atoms with van der Waals surface area (Å²) >= 11 is 0. The molecule has 1 N–H and O–H groups in total. The quantitative estimate of drug-likeness (QED) is 0.800. The average molecular weight is 312 g/mol. The first-order valence-corrected chi connectivity index (χ1v) is 8.33. The molecule has 1 fully saturated rings. The molecule has 5 nitrogen and oxygen atoms in total. The molecular weight excluding hydrogens is 288 g/mol. The first kappa shape index (κ1) is 15.7. The van der Waals surface area contributed by atoms with Crippen LogP contribution < -0.4 is 10.2 Å². The molecule has 1 aromatic carbocycles. The van der Waals surface area contributed by atoms with Crippen molar-refractivity contribution in [2.75, 3.05) is 18.0 Å². The highest BCUT2D eigenvalue weighted by molar-refractivity contribution is 5.95. The summed E-state index contributed by atoms with van der Waals surface area (Å²) in [4.78, 5) is 17.7. The molecule has 23 heavy (non-hydrogen) atoms. The van der Waals surface area contributed by atoms with Crippen LogP contribution in [0.15, 0.2) is 43.0 Å². The fraction of sp³-hybridized carbons (Fsp3) is 0.444. The number of carbonyl (C=O) groups is 1. The highest BCUT2D eigenvalue weighted by atomic mass is 16.2. The summed E-state index contributed by atoms with van der Waals surface area (Å²) in [6.07, 6.45) is 8.36. The van der Waals surface area contributed by atoms with Crippen molar-refractivity contribution in [3.05, 3.63) is 48.5 Å². The number of nitrogens with one attached hydrogen (secondary N) is 1. The van der Waals surface area contributed by atoms with Crippen molar-refractivity contribution in [2.45, 2.75) is 38.8 Å². The van der Waals surface area contributed by atoms with Crippen LogP contribution in [-0.4, -0.2) is 28.5 Å². The van der Waals surface area contributed by atoms with Gasteiger partial charge in [-0.05, 0) is 44.0 Å². The zero-order valence-electron chi connectivity index (χ0n) is 13.6. The predicted octanol–water partition coefficient (Wildman–Crippen LogP) is 2.75. The normalized spacial score (nSPS) is 16.0. The maximum absolute atomic E-state index is 11.8. The van der Waals surface area contributed by atoms with Gasteiger partial charge in [-0.1, -0.05) is 12.1 Å². The number of imidazole rings is 1. The smallest absolute Gasteiger partial charge is 0.227 e. The van der Waals surface area contributed by atoms with E-state index in [0.29, 0.717) is 12.5 Å². The third-order valence-corrected chi connectivity index (χ3v) is 4.38. The second kappa shape index (κ2) is 7.42. The third kappa shape index (κ3) is 3.99. The molecule has 122 valence electrons. The van der Waals surface area contributed by atoms with E-state index >= 15 is 0 Å². The molecule has 2 heterocycles. The Morgan fingerprint density at radius 1 is 1.30 bits per heavy atom. The molecule has 1 aliphatic heterocycles. The predicted molar refractivity (Wildman–Crippen MR) is 91.3 cm³/mol. The van der Waals surface area contributed by atoms with E-state index in [0.717, 1.165) is 38.2 Å². The van der Waals surface area contributed by atoms with Gasteiger partial charge in [0, 0.05) is 43.6 Å². The molecule has 1 atom stereocenters. The number of anilines is 1. The molecule has 3 rings (SSSR count). The summed E-state index contributed by atoms with van der Waals surface area (Å²) in [6, 6.07) is 8.66. The molecule has 1 saturated heterocycles. The van der Waals surface area contributed by atoms with Crippen LogP contribution in [0.5, 0.6) is 0 Å². The van der Waals surface area contributed by atoms with Crippen LogP contribution in [-0.2, 0) is 11.3 Å². The largest absolute Gasteiger partial charge is 0.337 e. The molecule has 2 aromatic rings. The lowest BCUT2D eigenvalue weighted by Gasteiger charge is -2.18. The number of nitrogens with zero attached hydrogens (tertiary/aromatic N) is 3. The second-order valence-corrected chi connectivity index (χ2v) is 6.07. The lowest BCUT2D eigenvalue weighted by molar-refractivity contribution is -0.117. The Morgan fingerprint density at radius 3 is 2.78 bits per heavy atom. The van der Waals surface area contributed by atoms with Gasteiger partial charge in [-0.2, -0.15) is 0 Å². The van der Waals surface area contributed by atoms with Gasteiger partial charge >= 0.3 is 0 Å². The molecule has 0 saturated carbocycles. The molecule has 1 aliphatic rings. The minimum atomic E-state index is 0.239. The Bertz CT molecular complexity index is 621. The van der Waals surface area contributed by atoms with Crippen molar-refractivity contribution >= 4 is 11.6 Å². The topological polar surface area (TPSA) is 50.2 Å². The first-order chi connectivity index (χ1) is 11.2. The maximum atomic E-state index is 11.8. The monoisotopic (exact) mass is 312 g/mol. The molecular formula is C18H24N4O. The number of amides is 1. The summed E-state index contributed by atoms with van der Waals surface area (Å²) < 4.78 is 2.09. The standard InChI is InChI=1S/C18H24N4O/c1-15(20-9-3-11-21-13-10-19-14-21)16-5-7-17(8-6-16)22-12-2-4-18(22)23/h5-8,10,13-15,20H,2-4,9,11-12H2,1H3. The van der Waals surface area contributed by atoms with Gasteiger partial charge in [0.1, 0.15) is 0 Å². The maximum Gasteiger partial charge on any atom is 0.227 e. The number of benzene rings is 1. The Labute approximate surface area is 137 Å². The Balaban J connectivity index is 1.47. The minimum Gasteiger partial charge on any atom is -0.337 e. The fourth-order valence-corrected chi connectivity index (χ4v) is 2.98. The van der Waals surface area contributed by atoms with E-state index < -0.39 is 0 Å². The molecule has 0 bridgehead atoms. The van der Waals surface area contributed by atoms with Gasteiger partial charge in [0.15, 0.2) is 0 Å². The summed E-state index contributed by atoms with van der Waals surface area (Å²) in [7, 11) is 0. The Hall–Kier alpha value is -2.14. The van der Waals surface area contributed by atoms with Crippen molar-refractivity contribution < 1.29 is 4.79 Å². The Morgan fingerprint density at radius 2 is 2.13 bits per heavy atom. The van der Waals surface area contributed by atoms with Crippen molar-refractivity contribution in [3.8, 4) is 0 Å². The van der Waals surface area contributed by atoms with Gasteiger partial charge in [-0.15, -0.1) is 0 Å². The minimum absolute atomic E-state index is 0.239. The van der Waals surface area contributed by atoms with Crippen molar-refractivity contribution in [1.82, 2.24) is 14.9 Å². The van der Waals surface area contributed by atoms with Crippen molar-refractivity contribution in [1.29, 1.82) is 0 Å². The summed E-state index contributed by atoms with van der Waals surface area (Å²) in [6.45, 7) is 4.97. The van der Waals surface area contributed by atoms with Crippen molar-refractivity contribution in [3.63, 3.8) is 0 Å². The van der Waals surface area contributed by atoms with Crippen LogP contribution in [0.25, 0.3) is 0 Å². The fourth-order valence-electron chi connectivity index (χ4n) is 2.98. The molecule has 1 unspecified atom stereocenters. The van der Waals surface area contributed by atoms with Gasteiger partial charge in [0.25, 0.3) is 0 Å². The van der Waals surface area contributed by atoms with Gasteiger partial charge in [0.05, 0.1) is 6.33 Å². The molecule has 0 aliphatic carbocycles. The van der Waals surface area contributed by atoms with Gasteiger partial charge in [-0.25, -0.2) is 4.98 Å². The Kier molecular flexibility index (Phi) is 5.08. The SMILES string of the molecule is CC(NCCCn1ccnc1)c1ccc(N2CCCC2=O)cc1. The first-order valence-electron chi connectivity index (χ1n) is 8.33. The van der Waals surface area contributed by atoms with E-state index in [2.05, 4.69) is 46.1 Å². The second-order valence-electron chi connectivity index (χ2n) is 6.07. The number of hydrogen-bond acceptors (Lipinski definition) is 3.